The second-order valence-electron chi connectivity index (χ2n) is 10.2. The number of aromatic amines is 1. The predicted molar refractivity (Wildman–Crippen MR) is 155 cm³/mol. The molecule has 4 aromatic rings. The summed E-state index contributed by atoms with van der Waals surface area (Å²) in [6.45, 7) is 3.81. The van der Waals surface area contributed by atoms with E-state index in [-0.39, 0.29) is 30.2 Å². The number of aromatic nitrogens is 2. The molecule has 2 aliphatic heterocycles. The van der Waals surface area contributed by atoms with E-state index in [1.165, 1.54) is 24.3 Å². The maximum atomic E-state index is 13.0. The largest absolute Gasteiger partial charge is 0.457 e. The fourth-order valence-corrected chi connectivity index (χ4v) is 5.03. The standard InChI is InChI=1S/C22H23FN2O5.C9H9N3O/c1-15-12-22(28-10-11-29-22)14-25(15)20(26)13-24-21(27)16-2-6-18(7-3-16)30-19-8-4-17(23)5-9-19;13-6-11-5-8-3-7-4-10-2-1-9(7)12-8/h2-9,15H,10-14H2,1H3,(H,24,27);1-4,6,12H,5H2,(H,11,13). The third-order valence-electron chi connectivity index (χ3n) is 7.10. The average Bonchev–Trinajstić information content (AvgIpc) is 3.74. The number of ether oxygens (including phenoxy) is 3. The highest BCUT2D eigenvalue weighted by Gasteiger charge is 2.48. The molecule has 4 heterocycles. The Labute approximate surface area is 247 Å². The van der Waals surface area contributed by atoms with Crippen LogP contribution < -0.4 is 15.4 Å². The zero-order valence-electron chi connectivity index (χ0n) is 23.5. The topological polar surface area (TPSA) is 135 Å². The summed E-state index contributed by atoms with van der Waals surface area (Å²) in [4.78, 5) is 43.9. The van der Waals surface area contributed by atoms with E-state index in [1.54, 1.807) is 41.6 Å². The van der Waals surface area contributed by atoms with Crippen molar-refractivity contribution in [3.05, 3.63) is 90.1 Å². The van der Waals surface area contributed by atoms with E-state index >= 15 is 0 Å². The molecule has 0 radical (unpaired) electrons. The number of H-pyrrole nitrogens is 1. The molecule has 0 saturated carbocycles. The molecule has 0 bridgehead atoms. The molecule has 43 heavy (non-hydrogen) atoms. The minimum atomic E-state index is -0.695. The van der Waals surface area contributed by atoms with Gasteiger partial charge in [-0.05, 0) is 67.6 Å². The highest BCUT2D eigenvalue weighted by molar-refractivity contribution is 5.96. The minimum Gasteiger partial charge on any atom is -0.457 e. The molecule has 2 aliphatic rings. The number of nitrogens with zero attached hydrogens (tertiary/aromatic N) is 2. The van der Waals surface area contributed by atoms with Gasteiger partial charge in [-0.3, -0.25) is 19.4 Å². The van der Waals surface area contributed by atoms with Crippen LogP contribution in [0.1, 0.15) is 29.4 Å². The molecule has 11 nitrogen and oxygen atoms in total. The molecule has 1 spiro atoms. The lowest BCUT2D eigenvalue weighted by molar-refractivity contribution is -0.152. The van der Waals surface area contributed by atoms with E-state index in [4.69, 9.17) is 14.2 Å². The van der Waals surface area contributed by atoms with Crippen LogP contribution in [0.5, 0.6) is 11.5 Å². The molecule has 2 aromatic heterocycles. The molecule has 2 aromatic carbocycles. The Bertz CT molecular complexity index is 1520. The molecular formula is C31H32FN5O6. The number of carbonyl (C=O) groups excluding carboxylic acids is 3. The fourth-order valence-electron chi connectivity index (χ4n) is 5.03. The Kier molecular flexibility index (Phi) is 9.28. The predicted octanol–water partition coefficient (Wildman–Crippen LogP) is 3.52. The van der Waals surface area contributed by atoms with Gasteiger partial charge in [0.1, 0.15) is 17.3 Å². The Balaban J connectivity index is 0.000000235. The summed E-state index contributed by atoms with van der Waals surface area (Å²) >= 11 is 0. The Morgan fingerprint density at radius 3 is 2.49 bits per heavy atom. The van der Waals surface area contributed by atoms with Gasteiger partial charge in [-0.2, -0.15) is 0 Å². The van der Waals surface area contributed by atoms with Gasteiger partial charge < -0.3 is 34.7 Å². The lowest BCUT2D eigenvalue weighted by Crippen LogP contribution is -2.43. The second kappa shape index (κ2) is 13.4. The summed E-state index contributed by atoms with van der Waals surface area (Å²) in [7, 11) is 0. The molecule has 12 heteroatoms. The first kappa shape index (κ1) is 29.7. The maximum absolute atomic E-state index is 13.0. The van der Waals surface area contributed by atoms with Gasteiger partial charge in [0.25, 0.3) is 5.91 Å². The van der Waals surface area contributed by atoms with Crippen molar-refractivity contribution in [1.29, 1.82) is 0 Å². The van der Waals surface area contributed by atoms with Gasteiger partial charge in [0.2, 0.25) is 12.3 Å². The highest BCUT2D eigenvalue weighted by Crippen LogP contribution is 2.34. The number of benzene rings is 2. The first-order valence-corrected chi connectivity index (χ1v) is 13.8. The number of likely N-dealkylation sites (tertiary alicyclic amines) is 1. The van der Waals surface area contributed by atoms with Gasteiger partial charge >= 0.3 is 0 Å². The van der Waals surface area contributed by atoms with E-state index in [1.807, 2.05) is 19.1 Å². The monoisotopic (exact) mass is 589 g/mol. The van der Waals surface area contributed by atoms with Crippen molar-refractivity contribution in [2.45, 2.75) is 31.7 Å². The van der Waals surface area contributed by atoms with Crippen LogP contribution in [0.15, 0.2) is 73.1 Å². The minimum absolute atomic E-state index is 0.0182. The highest BCUT2D eigenvalue weighted by atomic mass is 19.1. The molecule has 1 atom stereocenters. The Morgan fingerprint density at radius 1 is 1.12 bits per heavy atom. The first-order valence-electron chi connectivity index (χ1n) is 13.8. The van der Waals surface area contributed by atoms with Gasteiger partial charge in [0.15, 0.2) is 5.79 Å². The first-order chi connectivity index (χ1) is 20.8. The van der Waals surface area contributed by atoms with Crippen molar-refractivity contribution in [3.8, 4) is 11.5 Å². The molecule has 2 fully saturated rings. The number of pyridine rings is 1. The van der Waals surface area contributed by atoms with E-state index < -0.39 is 5.79 Å². The summed E-state index contributed by atoms with van der Waals surface area (Å²) in [6.07, 6.45) is 4.83. The average molecular weight is 590 g/mol. The van der Waals surface area contributed by atoms with Crippen molar-refractivity contribution in [2.75, 3.05) is 26.3 Å². The van der Waals surface area contributed by atoms with Gasteiger partial charge in [0, 0.05) is 47.0 Å². The molecule has 0 aliphatic carbocycles. The lowest BCUT2D eigenvalue weighted by Gasteiger charge is -2.23. The summed E-state index contributed by atoms with van der Waals surface area (Å²) in [5, 5.41) is 6.31. The molecule has 2 saturated heterocycles. The molecule has 1 unspecified atom stereocenters. The van der Waals surface area contributed by atoms with Crippen LogP contribution in [-0.4, -0.2) is 71.2 Å². The fraction of sp³-hybridized carbons (Fsp3) is 0.290. The number of carbonyl (C=O) groups is 3. The summed E-state index contributed by atoms with van der Waals surface area (Å²) < 4.78 is 29.9. The van der Waals surface area contributed by atoms with E-state index in [2.05, 4.69) is 20.6 Å². The SMILES string of the molecule is CC1CC2(CN1C(=O)CNC(=O)c1ccc(Oc3ccc(F)cc3)cc1)OCCO2.O=CNCc1cc2cnccc2[nH]1. The van der Waals surface area contributed by atoms with Crippen molar-refractivity contribution >= 4 is 29.1 Å². The molecule has 3 amide bonds. The van der Waals surface area contributed by atoms with Gasteiger partial charge in [-0.1, -0.05) is 0 Å². The van der Waals surface area contributed by atoms with Crippen LogP contribution >= 0.6 is 0 Å². The lowest BCUT2D eigenvalue weighted by atomic mass is 10.2. The molecule has 6 rings (SSSR count). The number of halogens is 1. The summed E-state index contributed by atoms with van der Waals surface area (Å²) in [6, 6.07) is 16.0. The smallest absolute Gasteiger partial charge is 0.251 e. The number of fused-ring (bicyclic) bond motifs is 1. The van der Waals surface area contributed by atoms with E-state index in [0.717, 1.165) is 16.6 Å². The molecular weight excluding hydrogens is 557 g/mol. The molecule has 3 N–H and O–H groups in total. The van der Waals surface area contributed by atoms with Gasteiger partial charge in [-0.15, -0.1) is 0 Å². The zero-order valence-corrected chi connectivity index (χ0v) is 23.5. The normalized spacial score (nSPS) is 16.9. The van der Waals surface area contributed by atoms with Crippen molar-refractivity contribution in [2.24, 2.45) is 0 Å². The Hall–Kier alpha value is -4.81. The Morgan fingerprint density at radius 2 is 1.81 bits per heavy atom. The zero-order chi connectivity index (χ0) is 30.2. The van der Waals surface area contributed by atoms with Crippen molar-refractivity contribution in [1.82, 2.24) is 25.5 Å². The van der Waals surface area contributed by atoms with Crippen LogP contribution in [0.4, 0.5) is 4.39 Å². The third kappa shape index (κ3) is 7.53. The second-order valence-corrected chi connectivity index (χ2v) is 10.2. The number of rotatable bonds is 8. The van der Waals surface area contributed by atoms with Gasteiger partial charge in [0.05, 0.1) is 32.8 Å². The number of nitrogens with one attached hydrogen (secondary N) is 3. The van der Waals surface area contributed by atoms with Crippen molar-refractivity contribution in [3.63, 3.8) is 0 Å². The van der Waals surface area contributed by atoms with Crippen LogP contribution in [0.3, 0.4) is 0 Å². The summed E-state index contributed by atoms with van der Waals surface area (Å²) in [5.41, 5.74) is 2.43. The maximum Gasteiger partial charge on any atom is 0.251 e. The third-order valence-corrected chi connectivity index (χ3v) is 7.10. The number of hydrogen-bond donors (Lipinski definition) is 3. The number of amides is 3. The van der Waals surface area contributed by atoms with Crippen LogP contribution in [0.25, 0.3) is 10.9 Å². The van der Waals surface area contributed by atoms with E-state index in [9.17, 15) is 18.8 Å². The number of hydrogen-bond acceptors (Lipinski definition) is 7. The van der Waals surface area contributed by atoms with Crippen LogP contribution in [0.2, 0.25) is 0 Å². The molecule has 224 valence electrons. The van der Waals surface area contributed by atoms with Crippen LogP contribution in [-0.2, 0) is 25.6 Å². The summed E-state index contributed by atoms with van der Waals surface area (Å²) in [5.74, 6) is -0.561. The van der Waals surface area contributed by atoms with Crippen molar-refractivity contribution < 1.29 is 33.0 Å². The quantitative estimate of drug-likeness (QED) is 0.268. The van der Waals surface area contributed by atoms with Gasteiger partial charge in [-0.25, -0.2) is 4.39 Å². The van der Waals surface area contributed by atoms with Crippen LogP contribution in [0, 0.1) is 5.82 Å². The van der Waals surface area contributed by atoms with E-state index in [0.29, 0.717) is 56.2 Å².